The zero-order chi connectivity index (χ0) is 21.7. The maximum Gasteiger partial charge on any atom is 0.255 e. The van der Waals surface area contributed by atoms with Gasteiger partial charge in [-0.3, -0.25) is 9.48 Å². The van der Waals surface area contributed by atoms with Gasteiger partial charge in [0.25, 0.3) is 5.91 Å². The van der Waals surface area contributed by atoms with E-state index in [-0.39, 0.29) is 10.8 Å². The van der Waals surface area contributed by atoms with Crippen molar-refractivity contribution in [3.8, 4) is 0 Å². The van der Waals surface area contributed by atoms with Gasteiger partial charge in [0.05, 0.1) is 28.9 Å². The molecule has 0 aliphatic carbocycles. The Balaban J connectivity index is 1.68. The van der Waals surface area contributed by atoms with Crippen LogP contribution < -0.4 is 5.32 Å². The minimum absolute atomic E-state index is 0.198. The molecule has 0 fully saturated rings. The molecular formula is C22H26N4O3S. The van der Waals surface area contributed by atoms with Gasteiger partial charge in [-0.25, -0.2) is 12.7 Å². The summed E-state index contributed by atoms with van der Waals surface area (Å²) in [5.41, 5.74) is 3.37. The highest BCUT2D eigenvalue weighted by Crippen LogP contribution is 2.15. The number of hydrogen-bond donors (Lipinski definition) is 1. The minimum atomic E-state index is -3.47. The van der Waals surface area contributed by atoms with Gasteiger partial charge in [0, 0.05) is 20.6 Å². The summed E-state index contributed by atoms with van der Waals surface area (Å²) in [7, 11) is -0.479. The van der Waals surface area contributed by atoms with Gasteiger partial charge in [0.2, 0.25) is 10.0 Å². The number of nitrogens with zero attached hydrogens (tertiary/aromatic N) is 3. The van der Waals surface area contributed by atoms with Crippen LogP contribution in [0.1, 0.15) is 34.1 Å². The summed E-state index contributed by atoms with van der Waals surface area (Å²) in [4.78, 5) is 12.9. The molecule has 0 saturated carbocycles. The second-order valence-electron chi connectivity index (χ2n) is 7.12. The summed E-state index contributed by atoms with van der Waals surface area (Å²) in [6.45, 7) is 2.91. The second-order valence-corrected chi connectivity index (χ2v) is 9.27. The van der Waals surface area contributed by atoms with Crippen LogP contribution in [0.2, 0.25) is 0 Å². The molecule has 158 valence electrons. The SMILES string of the molecule is CCc1c(C(=O)NCc2ccc(S(=O)(=O)N(C)C)cc2)cnn1Cc1ccccc1. The third-order valence-corrected chi connectivity index (χ3v) is 6.69. The van der Waals surface area contributed by atoms with Crippen LogP contribution in [0, 0.1) is 0 Å². The van der Waals surface area contributed by atoms with Crippen LogP contribution in [0.15, 0.2) is 65.7 Å². The van der Waals surface area contributed by atoms with Crippen LogP contribution in [-0.2, 0) is 29.5 Å². The number of carbonyl (C=O) groups is 1. The zero-order valence-corrected chi connectivity index (χ0v) is 18.2. The van der Waals surface area contributed by atoms with E-state index < -0.39 is 10.0 Å². The molecule has 1 aromatic heterocycles. The molecule has 0 bridgehead atoms. The standard InChI is InChI=1S/C22H26N4O3S/c1-4-21-20(15-24-26(21)16-18-8-6-5-7-9-18)22(27)23-14-17-10-12-19(13-11-17)30(28,29)25(2)3/h5-13,15H,4,14,16H2,1-3H3,(H,23,27). The molecule has 1 amide bonds. The largest absolute Gasteiger partial charge is 0.348 e. The van der Waals surface area contributed by atoms with Crippen molar-refractivity contribution in [2.24, 2.45) is 0 Å². The maximum absolute atomic E-state index is 12.7. The molecule has 0 aliphatic rings. The van der Waals surface area contributed by atoms with E-state index in [4.69, 9.17) is 0 Å². The van der Waals surface area contributed by atoms with E-state index in [0.29, 0.717) is 25.1 Å². The lowest BCUT2D eigenvalue weighted by atomic mass is 10.1. The van der Waals surface area contributed by atoms with E-state index >= 15 is 0 Å². The van der Waals surface area contributed by atoms with Gasteiger partial charge < -0.3 is 5.32 Å². The van der Waals surface area contributed by atoms with E-state index in [2.05, 4.69) is 10.4 Å². The summed E-state index contributed by atoms with van der Waals surface area (Å²) < 4.78 is 27.3. The van der Waals surface area contributed by atoms with Gasteiger partial charge in [-0.05, 0) is 29.7 Å². The molecule has 1 heterocycles. The summed E-state index contributed by atoms with van der Waals surface area (Å²) in [6, 6.07) is 16.5. The Morgan fingerprint density at radius 2 is 1.70 bits per heavy atom. The van der Waals surface area contributed by atoms with Gasteiger partial charge in [0.15, 0.2) is 0 Å². The van der Waals surface area contributed by atoms with Gasteiger partial charge >= 0.3 is 0 Å². The van der Waals surface area contributed by atoms with Crippen LogP contribution >= 0.6 is 0 Å². The number of carbonyl (C=O) groups excluding carboxylic acids is 1. The van der Waals surface area contributed by atoms with Crippen LogP contribution in [0.25, 0.3) is 0 Å². The molecule has 3 rings (SSSR count). The average molecular weight is 427 g/mol. The normalized spacial score (nSPS) is 11.6. The lowest BCUT2D eigenvalue weighted by molar-refractivity contribution is 0.0950. The summed E-state index contributed by atoms with van der Waals surface area (Å²) in [6.07, 6.45) is 2.29. The number of hydrogen-bond acceptors (Lipinski definition) is 4. The summed E-state index contributed by atoms with van der Waals surface area (Å²) >= 11 is 0. The van der Waals surface area contributed by atoms with E-state index in [1.807, 2.05) is 41.9 Å². The molecule has 7 nitrogen and oxygen atoms in total. The van der Waals surface area contributed by atoms with Crippen molar-refractivity contribution < 1.29 is 13.2 Å². The minimum Gasteiger partial charge on any atom is -0.348 e. The molecule has 0 aliphatic heterocycles. The topological polar surface area (TPSA) is 84.3 Å². The van der Waals surface area contributed by atoms with Crippen LogP contribution in [-0.4, -0.2) is 42.5 Å². The fourth-order valence-electron chi connectivity index (χ4n) is 3.13. The molecule has 0 unspecified atom stereocenters. The Bertz CT molecular complexity index is 1110. The Morgan fingerprint density at radius 3 is 2.30 bits per heavy atom. The van der Waals surface area contributed by atoms with Crippen LogP contribution in [0.5, 0.6) is 0 Å². The van der Waals surface area contributed by atoms with E-state index in [1.165, 1.54) is 18.4 Å². The van der Waals surface area contributed by atoms with Crippen molar-refractivity contribution in [2.45, 2.75) is 31.3 Å². The quantitative estimate of drug-likeness (QED) is 0.600. The van der Waals surface area contributed by atoms with Crippen molar-refractivity contribution in [1.29, 1.82) is 0 Å². The van der Waals surface area contributed by atoms with Gasteiger partial charge in [0.1, 0.15) is 0 Å². The number of benzene rings is 2. The Kier molecular flexibility index (Phi) is 6.69. The maximum atomic E-state index is 12.7. The molecular weight excluding hydrogens is 400 g/mol. The molecule has 2 aromatic carbocycles. The van der Waals surface area contributed by atoms with E-state index in [1.54, 1.807) is 30.5 Å². The number of aromatic nitrogens is 2. The number of amides is 1. The first-order chi connectivity index (χ1) is 14.3. The predicted molar refractivity (Wildman–Crippen MR) is 116 cm³/mol. The summed E-state index contributed by atoms with van der Waals surface area (Å²) in [5, 5.41) is 7.29. The van der Waals surface area contributed by atoms with Crippen molar-refractivity contribution in [2.75, 3.05) is 14.1 Å². The Morgan fingerprint density at radius 1 is 1.03 bits per heavy atom. The second kappa shape index (κ2) is 9.23. The fraction of sp³-hybridized carbons (Fsp3) is 0.273. The van der Waals surface area contributed by atoms with Crippen molar-refractivity contribution in [3.05, 3.63) is 83.2 Å². The molecule has 0 saturated heterocycles. The monoisotopic (exact) mass is 426 g/mol. The summed E-state index contributed by atoms with van der Waals surface area (Å²) in [5.74, 6) is -0.198. The highest BCUT2D eigenvalue weighted by Gasteiger charge is 2.18. The molecule has 0 spiro atoms. The van der Waals surface area contributed by atoms with Gasteiger partial charge in [-0.2, -0.15) is 5.10 Å². The smallest absolute Gasteiger partial charge is 0.255 e. The molecule has 1 N–H and O–H groups in total. The first-order valence-electron chi connectivity index (χ1n) is 9.71. The zero-order valence-electron chi connectivity index (χ0n) is 17.4. The molecule has 0 radical (unpaired) electrons. The Labute approximate surface area is 177 Å². The predicted octanol–water partition coefficient (Wildman–Crippen LogP) is 2.67. The van der Waals surface area contributed by atoms with E-state index in [9.17, 15) is 13.2 Å². The van der Waals surface area contributed by atoms with Gasteiger partial charge in [-0.1, -0.05) is 49.4 Å². The molecule has 30 heavy (non-hydrogen) atoms. The highest BCUT2D eigenvalue weighted by atomic mass is 32.2. The molecule has 3 aromatic rings. The van der Waals surface area contributed by atoms with Crippen molar-refractivity contribution in [1.82, 2.24) is 19.4 Å². The van der Waals surface area contributed by atoms with Crippen LogP contribution in [0.4, 0.5) is 0 Å². The first kappa shape index (κ1) is 21.7. The number of sulfonamides is 1. The third kappa shape index (κ3) is 4.77. The average Bonchev–Trinajstić information content (AvgIpc) is 3.15. The third-order valence-electron chi connectivity index (χ3n) is 4.86. The lowest BCUT2D eigenvalue weighted by Crippen LogP contribution is -2.24. The molecule has 8 heteroatoms. The molecule has 0 atom stereocenters. The van der Waals surface area contributed by atoms with Crippen LogP contribution in [0.3, 0.4) is 0 Å². The fourth-order valence-corrected chi connectivity index (χ4v) is 4.04. The Hall–Kier alpha value is -2.97. The van der Waals surface area contributed by atoms with Gasteiger partial charge in [-0.15, -0.1) is 0 Å². The lowest BCUT2D eigenvalue weighted by Gasteiger charge is -2.12. The number of rotatable bonds is 8. The first-order valence-corrected chi connectivity index (χ1v) is 11.1. The highest BCUT2D eigenvalue weighted by molar-refractivity contribution is 7.89. The van der Waals surface area contributed by atoms with Crippen molar-refractivity contribution in [3.63, 3.8) is 0 Å². The van der Waals surface area contributed by atoms with Crippen molar-refractivity contribution >= 4 is 15.9 Å². The van der Waals surface area contributed by atoms with E-state index in [0.717, 1.165) is 16.8 Å². The number of nitrogens with one attached hydrogen (secondary N) is 1.